The summed E-state index contributed by atoms with van der Waals surface area (Å²) in [7, 11) is 0. The molecule has 0 radical (unpaired) electrons. The fourth-order valence-corrected chi connectivity index (χ4v) is 4.92. The Morgan fingerprint density at radius 2 is 1.82 bits per heavy atom. The summed E-state index contributed by atoms with van der Waals surface area (Å²) in [6.07, 6.45) is 4.70. The first-order chi connectivity index (χ1) is 15.1. The van der Waals surface area contributed by atoms with E-state index >= 15 is 4.39 Å². The summed E-state index contributed by atoms with van der Waals surface area (Å²) < 4.78 is 18.9. The summed E-state index contributed by atoms with van der Waals surface area (Å²) in [5.74, 6) is 0.0664. The number of piperidine rings is 1. The van der Waals surface area contributed by atoms with Gasteiger partial charge in [-0.2, -0.15) is 0 Å². The van der Waals surface area contributed by atoms with E-state index < -0.39 is 11.7 Å². The topological polar surface area (TPSA) is 93.7 Å². The summed E-state index contributed by atoms with van der Waals surface area (Å²) in [6, 6.07) is 8.64. The van der Waals surface area contributed by atoms with Crippen molar-refractivity contribution < 1.29 is 9.50 Å². The van der Waals surface area contributed by atoms with Gasteiger partial charge in [0.1, 0.15) is 11.9 Å². The SMILES string of the molecule is CC1(C)C[C@@H](n2ccc3cc(-c4ccc(-n5ccnn5)cc4O)nnc32)[C@@H](F)C(C)(C)N1.Cl.Cl. The first kappa shape index (κ1) is 25.9. The van der Waals surface area contributed by atoms with Crippen molar-refractivity contribution >= 4 is 35.8 Å². The van der Waals surface area contributed by atoms with E-state index in [1.807, 2.05) is 42.8 Å². The Morgan fingerprint density at radius 3 is 2.50 bits per heavy atom. The highest BCUT2D eigenvalue weighted by molar-refractivity contribution is 5.85. The van der Waals surface area contributed by atoms with Crippen LogP contribution in [0.5, 0.6) is 5.75 Å². The van der Waals surface area contributed by atoms with Crippen LogP contribution in [0.15, 0.2) is 48.9 Å². The number of aromatic nitrogens is 6. The molecule has 1 saturated heterocycles. The van der Waals surface area contributed by atoms with E-state index in [9.17, 15) is 5.11 Å². The molecule has 0 unspecified atom stereocenters. The van der Waals surface area contributed by atoms with Crippen LogP contribution in [0.1, 0.15) is 40.2 Å². The maximum Gasteiger partial charge on any atom is 0.162 e. The number of rotatable bonds is 3. The molecule has 1 aliphatic heterocycles. The van der Waals surface area contributed by atoms with Crippen LogP contribution in [0.2, 0.25) is 0 Å². The van der Waals surface area contributed by atoms with Crippen LogP contribution < -0.4 is 5.32 Å². The van der Waals surface area contributed by atoms with E-state index in [2.05, 4.69) is 39.7 Å². The number of phenolic OH excluding ortho intramolecular Hbond substituents is 1. The lowest BCUT2D eigenvalue weighted by atomic mass is 9.78. The summed E-state index contributed by atoms with van der Waals surface area (Å²) in [5.41, 5.74) is 1.55. The van der Waals surface area contributed by atoms with E-state index in [0.29, 0.717) is 29.0 Å². The second-order valence-electron chi connectivity index (χ2n) is 9.68. The summed E-state index contributed by atoms with van der Waals surface area (Å²) in [6.45, 7) is 7.98. The normalized spacial score (nSPS) is 21.0. The Kier molecular flexibility index (Phi) is 6.94. The molecule has 8 nitrogen and oxygen atoms in total. The predicted molar refractivity (Wildman–Crippen MR) is 134 cm³/mol. The van der Waals surface area contributed by atoms with Gasteiger partial charge in [0, 0.05) is 34.3 Å². The molecule has 2 atom stereocenters. The number of nitrogens with zero attached hydrogens (tertiary/aromatic N) is 6. The van der Waals surface area contributed by atoms with Crippen LogP contribution in [-0.4, -0.2) is 52.1 Å². The Bertz CT molecular complexity index is 1290. The molecule has 5 rings (SSSR count). The summed E-state index contributed by atoms with van der Waals surface area (Å²) in [4.78, 5) is 0. The molecule has 11 heteroatoms. The van der Waals surface area contributed by atoms with Gasteiger partial charge in [-0.1, -0.05) is 5.21 Å². The number of aromatic hydroxyl groups is 1. The van der Waals surface area contributed by atoms with Crippen LogP contribution in [0.3, 0.4) is 0 Å². The van der Waals surface area contributed by atoms with Gasteiger partial charge in [0.25, 0.3) is 0 Å². The molecular formula is C23H28Cl2FN7O. The molecule has 182 valence electrons. The largest absolute Gasteiger partial charge is 0.507 e. The molecule has 0 bridgehead atoms. The van der Waals surface area contributed by atoms with Gasteiger partial charge in [-0.05, 0) is 58.4 Å². The third-order valence-corrected chi connectivity index (χ3v) is 6.17. The van der Waals surface area contributed by atoms with Gasteiger partial charge in [-0.3, -0.25) is 0 Å². The first-order valence-corrected chi connectivity index (χ1v) is 10.6. The fraction of sp³-hybridized carbons (Fsp3) is 0.391. The van der Waals surface area contributed by atoms with Crippen molar-refractivity contribution in [2.45, 2.75) is 57.4 Å². The van der Waals surface area contributed by atoms with Crippen LogP contribution in [-0.2, 0) is 0 Å². The van der Waals surface area contributed by atoms with Crippen LogP contribution >= 0.6 is 24.8 Å². The minimum Gasteiger partial charge on any atom is -0.507 e. The number of nitrogens with one attached hydrogen (secondary N) is 1. The minimum atomic E-state index is -1.08. The fourth-order valence-electron chi connectivity index (χ4n) is 4.92. The monoisotopic (exact) mass is 507 g/mol. The number of alkyl halides is 1. The van der Waals surface area contributed by atoms with E-state index in [4.69, 9.17) is 0 Å². The van der Waals surface area contributed by atoms with Crippen molar-refractivity contribution in [3.63, 3.8) is 0 Å². The zero-order valence-electron chi connectivity index (χ0n) is 19.3. The number of benzene rings is 1. The Hall–Kier alpha value is -2.75. The smallest absolute Gasteiger partial charge is 0.162 e. The van der Waals surface area contributed by atoms with Crippen LogP contribution in [0.4, 0.5) is 4.39 Å². The second-order valence-corrected chi connectivity index (χ2v) is 9.68. The number of halogens is 3. The van der Waals surface area contributed by atoms with Crippen molar-refractivity contribution in [1.29, 1.82) is 0 Å². The molecule has 3 aromatic heterocycles. The highest BCUT2D eigenvalue weighted by Gasteiger charge is 2.47. The highest BCUT2D eigenvalue weighted by atomic mass is 35.5. The predicted octanol–water partition coefficient (Wildman–Crippen LogP) is 4.66. The van der Waals surface area contributed by atoms with Crippen molar-refractivity contribution in [1.82, 2.24) is 35.1 Å². The quantitative estimate of drug-likeness (QED) is 0.418. The Morgan fingerprint density at radius 1 is 1.06 bits per heavy atom. The third-order valence-electron chi connectivity index (χ3n) is 6.17. The molecule has 0 amide bonds. The molecule has 2 N–H and O–H groups in total. The summed E-state index contributed by atoms with van der Waals surface area (Å²) in [5, 5.41) is 31.3. The highest BCUT2D eigenvalue weighted by Crippen LogP contribution is 2.40. The van der Waals surface area contributed by atoms with E-state index in [-0.39, 0.29) is 42.1 Å². The van der Waals surface area contributed by atoms with Gasteiger partial charge in [-0.25, -0.2) is 9.07 Å². The molecule has 0 spiro atoms. The average Bonchev–Trinajstić information content (AvgIpc) is 3.39. The van der Waals surface area contributed by atoms with Gasteiger partial charge in [0.15, 0.2) is 5.65 Å². The van der Waals surface area contributed by atoms with Crippen LogP contribution in [0, 0.1) is 0 Å². The van der Waals surface area contributed by atoms with Gasteiger partial charge >= 0.3 is 0 Å². The molecule has 0 saturated carbocycles. The average molecular weight is 508 g/mol. The zero-order chi connectivity index (χ0) is 22.7. The number of fused-ring (bicyclic) bond motifs is 1. The summed E-state index contributed by atoms with van der Waals surface area (Å²) >= 11 is 0. The minimum absolute atomic E-state index is 0. The van der Waals surface area contributed by atoms with Crippen molar-refractivity contribution in [3.8, 4) is 22.7 Å². The van der Waals surface area contributed by atoms with E-state index in [1.165, 1.54) is 0 Å². The molecule has 4 aromatic rings. The van der Waals surface area contributed by atoms with Gasteiger partial charge in [0.05, 0.1) is 29.8 Å². The van der Waals surface area contributed by atoms with Gasteiger partial charge < -0.3 is 15.0 Å². The number of hydrogen-bond donors (Lipinski definition) is 2. The third kappa shape index (κ3) is 4.47. The molecule has 0 aliphatic carbocycles. The maximum absolute atomic E-state index is 15.4. The van der Waals surface area contributed by atoms with Gasteiger partial charge in [0.2, 0.25) is 0 Å². The lowest BCUT2D eigenvalue weighted by Crippen LogP contribution is -2.64. The Labute approximate surface area is 209 Å². The standard InChI is InChI=1S/C23H26FN7O.2ClH/c1-22(2)13-18(20(24)23(3,4)28-22)30-9-7-14-11-17(26-27-21(14)30)16-6-5-15(12-19(16)32)31-10-8-25-29-31;;/h5-12,18,20,28,32H,13H2,1-4H3;2*1H/t18-,20-;;/m1../s1. The molecule has 34 heavy (non-hydrogen) atoms. The zero-order valence-corrected chi connectivity index (χ0v) is 20.9. The lowest BCUT2D eigenvalue weighted by Gasteiger charge is -2.49. The first-order valence-electron chi connectivity index (χ1n) is 10.6. The molecule has 4 heterocycles. The van der Waals surface area contributed by atoms with Crippen LogP contribution in [0.25, 0.3) is 28.0 Å². The van der Waals surface area contributed by atoms with Crippen molar-refractivity contribution in [3.05, 3.63) is 48.9 Å². The number of hydrogen-bond acceptors (Lipinski definition) is 6. The van der Waals surface area contributed by atoms with E-state index in [0.717, 1.165) is 5.39 Å². The molecule has 1 aromatic carbocycles. The Balaban J connectivity index is 0.00000162. The molecular weight excluding hydrogens is 480 g/mol. The molecule has 1 fully saturated rings. The van der Waals surface area contributed by atoms with Crippen molar-refractivity contribution in [2.24, 2.45) is 0 Å². The van der Waals surface area contributed by atoms with Gasteiger partial charge in [-0.15, -0.1) is 40.1 Å². The van der Waals surface area contributed by atoms with Crippen molar-refractivity contribution in [2.75, 3.05) is 0 Å². The molecule has 1 aliphatic rings. The lowest BCUT2D eigenvalue weighted by molar-refractivity contribution is 0.0313. The van der Waals surface area contributed by atoms with E-state index in [1.54, 1.807) is 29.2 Å². The second kappa shape index (κ2) is 9.13. The maximum atomic E-state index is 15.4. The number of phenols is 1.